The maximum Gasteiger partial charge on any atom is 0.506 e. The standard InChI is InChI=1S/C17H25.BrH.Mg/c1-2-3-5-8-15-11-13-17(14-12-15)16-9-6-4-7-10-16;;/h6-7,9-10,15,17H,2-3,5,8,11-14H2,1H3;1H;/q;;+1/p-1. The average molecular weight is 334 g/mol. The molecule has 0 amide bonds. The fraction of sp³-hybridized carbons (Fsp3) is 0.647. The number of hydrogen-bond donors (Lipinski definition) is 0. The second-order valence-corrected chi connectivity index (χ2v) is 8.85. The van der Waals surface area contributed by atoms with E-state index in [4.69, 9.17) is 0 Å². The Morgan fingerprint density at radius 2 is 1.74 bits per heavy atom. The van der Waals surface area contributed by atoms with Crippen LogP contribution in [0.4, 0.5) is 0 Å². The molecule has 2 rings (SSSR count). The summed E-state index contributed by atoms with van der Waals surface area (Å²) in [4.78, 5) is 0. The Bertz CT molecular complexity index is 352. The van der Waals surface area contributed by atoms with Gasteiger partial charge < -0.3 is 0 Å². The highest BCUT2D eigenvalue weighted by atomic mass is 79.9. The lowest BCUT2D eigenvalue weighted by Crippen LogP contribution is -2.14. The van der Waals surface area contributed by atoms with Crippen LogP contribution in [0, 0.1) is 5.92 Å². The molecule has 1 aliphatic rings. The Morgan fingerprint density at radius 3 is 2.32 bits per heavy atom. The Kier molecular flexibility index (Phi) is 7.25. The first-order valence-corrected chi connectivity index (χ1v) is 12.6. The van der Waals surface area contributed by atoms with E-state index in [2.05, 4.69) is 44.1 Å². The van der Waals surface area contributed by atoms with E-state index in [0.717, 1.165) is 11.8 Å². The van der Waals surface area contributed by atoms with E-state index in [0.29, 0.717) is 0 Å². The van der Waals surface area contributed by atoms with Gasteiger partial charge in [0.2, 0.25) is 0 Å². The molecule has 0 aromatic heterocycles. The zero-order valence-electron chi connectivity index (χ0n) is 12.2. The van der Waals surface area contributed by atoms with Gasteiger partial charge in [0.15, 0.2) is 0 Å². The molecule has 0 saturated heterocycles. The molecular formula is C17H25BrMg. The van der Waals surface area contributed by atoms with Crippen molar-refractivity contribution in [3.63, 3.8) is 0 Å². The third kappa shape index (κ3) is 5.06. The maximum absolute atomic E-state index is 3.65. The predicted molar refractivity (Wildman–Crippen MR) is 89.6 cm³/mol. The second-order valence-electron chi connectivity index (χ2n) is 6.09. The third-order valence-corrected chi connectivity index (χ3v) is 7.39. The first-order chi connectivity index (χ1) is 9.33. The summed E-state index contributed by atoms with van der Waals surface area (Å²) in [7, 11) is 0. The fourth-order valence-corrected chi connectivity index (χ4v) is 4.88. The lowest BCUT2D eigenvalue weighted by Gasteiger charge is -2.29. The number of hydrogen-bond acceptors (Lipinski definition) is 0. The molecule has 19 heavy (non-hydrogen) atoms. The largest absolute Gasteiger partial charge is 0.506 e. The van der Waals surface area contributed by atoms with Gasteiger partial charge in [0, 0.05) is 0 Å². The van der Waals surface area contributed by atoms with Gasteiger partial charge in [0.05, 0.1) is 0 Å². The number of unbranched alkanes of at least 4 members (excludes halogenated alkanes) is 2. The van der Waals surface area contributed by atoms with Crippen LogP contribution in [0.15, 0.2) is 24.3 Å². The lowest BCUT2D eigenvalue weighted by molar-refractivity contribution is 0.303. The molecule has 1 aromatic carbocycles. The highest BCUT2D eigenvalue weighted by Crippen LogP contribution is 2.37. The van der Waals surface area contributed by atoms with Crippen LogP contribution < -0.4 is 3.69 Å². The van der Waals surface area contributed by atoms with Crippen molar-refractivity contribution in [2.45, 2.75) is 64.2 Å². The van der Waals surface area contributed by atoms with Crippen molar-refractivity contribution >= 4 is 34.8 Å². The van der Waals surface area contributed by atoms with Crippen LogP contribution in [0.1, 0.15) is 69.8 Å². The van der Waals surface area contributed by atoms with Crippen molar-refractivity contribution in [1.82, 2.24) is 0 Å². The minimum atomic E-state index is -0.161. The minimum absolute atomic E-state index is 0.161. The van der Waals surface area contributed by atoms with Crippen LogP contribution in [0.25, 0.3) is 0 Å². The molecule has 0 nitrogen and oxygen atoms in total. The van der Waals surface area contributed by atoms with Crippen molar-refractivity contribution in [2.24, 2.45) is 5.92 Å². The lowest BCUT2D eigenvalue weighted by atomic mass is 9.77. The van der Waals surface area contributed by atoms with Crippen LogP contribution in [0.5, 0.6) is 0 Å². The van der Waals surface area contributed by atoms with E-state index >= 15 is 0 Å². The first-order valence-electron chi connectivity index (χ1n) is 7.98. The van der Waals surface area contributed by atoms with Crippen LogP contribution in [-0.2, 0) is 0 Å². The molecule has 0 aliphatic heterocycles. The minimum Gasteiger partial charge on any atom is -0.296 e. The Balaban J connectivity index is 1.78. The molecule has 1 aromatic rings. The molecule has 1 aliphatic carbocycles. The van der Waals surface area contributed by atoms with Gasteiger partial charge in [0.25, 0.3) is 0 Å². The smallest absolute Gasteiger partial charge is 0.296 e. The zero-order valence-corrected chi connectivity index (χ0v) is 15.2. The SMILES string of the molecule is CCCCCC1CCC(c2cc[c]([Mg][Br])cc2)CC1. The van der Waals surface area contributed by atoms with Gasteiger partial charge in [-0.3, -0.25) is 12.9 Å². The summed E-state index contributed by atoms with van der Waals surface area (Å²) in [6.45, 7) is 2.30. The number of rotatable bonds is 6. The molecule has 0 radical (unpaired) electrons. The van der Waals surface area contributed by atoms with Gasteiger partial charge in [-0.15, -0.1) is 0 Å². The van der Waals surface area contributed by atoms with Gasteiger partial charge in [-0.25, -0.2) is 0 Å². The molecule has 2 heteroatoms. The van der Waals surface area contributed by atoms with Crippen molar-refractivity contribution in [3.8, 4) is 0 Å². The number of benzene rings is 1. The molecular weight excluding hydrogens is 308 g/mol. The monoisotopic (exact) mass is 332 g/mol. The molecule has 0 heterocycles. The van der Waals surface area contributed by atoms with Crippen LogP contribution in [0.2, 0.25) is 0 Å². The van der Waals surface area contributed by atoms with Crippen LogP contribution >= 0.6 is 12.9 Å². The van der Waals surface area contributed by atoms with Crippen molar-refractivity contribution in [1.29, 1.82) is 0 Å². The highest BCUT2D eigenvalue weighted by Gasteiger charge is 2.21. The van der Waals surface area contributed by atoms with E-state index in [-0.39, 0.29) is 18.2 Å². The maximum atomic E-state index is 3.65. The van der Waals surface area contributed by atoms with Crippen molar-refractivity contribution in [3.05, 3.63) is 29.8 Å². The molecule has 1 saturated carbocycles. The Morgan fingerprint density at radius 1 is 1.05 bits per heavy atom. The predicted octanol–water partition coefficient (Wildman–Crippen LogP) is 5.18. The molecule has 1 fully saturated rings. The summed E-state index contributed by atoms with van der Waals surface area (Å²) in [5.41, 5.74) is 1.59. The molecule has 0 N–H and O–H groups in total. The van der Waals surface area contributed by atoms with Crippen LogP contribution in [0.3, 0.4) is 0 Å². The summed E-state index contributed by atoms with van der Waals surface area (Å²) < 4.78 is 1.53. The summed E-state index contributed by atoms with van der Waals surface area (Å²) in [5, 5.41) is 0. The van der Waals surface area contributed by atoms with E-state index < -0.39 is 0 Å². The zero-order chi connectivity index (χ0) is 13.5. The van der Waals surface area contributed by atoms with Gasteiger partial charge in [-0.1, -0.05) is 56.9 Å². The molecule has 0 atom stereocenters. The Labute approximate surface area is 134 Å². The van der Waals surface area contributed by atoms with Crippen LogP contribution in [-0.4, -0.2) is 18.2 Å². The van der Waals surface area contributed by atoms with Gasteiger partial charge in [-0.05, 0) is 43.1 Å². The summed E-state index contributed by atoms with van der Waals surface area (Å²) >= 11 is 3.49. The summed E-state index contributed by atoms with van der Waals surface area (Å²) in [5.74, 6) is 1.87. The molecule has 0 unspecified atom stereocenters. The second kappa shape index (κ2) is 8.69. The fourth-order valence-electron chi connectivity index (χ4n) is 3.35. The highest BCUT2D eigenvalue weighted by molar-refractivity contribution is 9.23. The summed E-state index contributed by atoms with van der Waals surface area (Å²) in [6.07, 6.45) is 11.5. The molecule has 102 valence electrons. The van der Waals surface area contributed by atoms with E-state index in [1.807, 2.05) is 0 Å². The van der Waals surface area contributed by atoms with E-state index in [1.165, 1.54) is 55.1 Å². The number of halogens is 1. The quantitative estimate of drug-likeness (QED) is 0.497. The average Bonchev–Trinajstić information content (AvgIpc) is 2.48. The normalized spacial score (nSPS) is 23.1. The van der Waals surface area contributed by atoms with Crippen molar-refractivity contribution < 1.29 is 0 Å². The summed E-state index contributed by atoms with van der Waals surface area (Å²) in [6, 6.07) is 9.44. The van der Waals surface area contributed by atoms with Gasteiger partial charge in [0.1, 0.15) is 0 Å². The van der Waals surface area contributed by atoms with Gasteiger partial charge in [-0.2, -0.15) is 3.69 Å². The van der Waals surface area contributed by atoms with Crippen molar-refractivity contribution in [2.75, 3.05) is 0 Å². The Hall–Kier alpha value is 0.466. The third-order valence-electron chi connectivity index (χ3n) is 4.67. The van der Waals surface area contributed by atoms with E-state index in [1.54, 1.807) is 5.56 Å². The van der Waals surface area contributed by atoms with E-state index in [9.17, 15) is 0 Å². The molecule has 0 bridgehead atoms. The van der Waals surface area contributed by atoms with Gasteiger partial charge >= 0.3 is 18.2 Å². The molecule has 0 spiro atoms. The first kappa shape index (κ1) is 15.8. The topological polar surface area (TPSA) is 0 Å².